The summed E-state index contributed by atoms with van der Waals surface area (Å²) < 4.78 is 0.528. The van der Waals surface area contributed by atoms with Crippen LogP contribution in [0.25, 0.3) is 0 Å². The van der Waals surface area contributed by atoms with Crippen LogP contribution in [-0.4, -0.2) is 17.4 Å². The van der Waals surface area contributed by atoms with Crippen molar-refractivity contribution in [1.82, 2.24) is 10.3 Å². The van der Waals surface area contributed by atoms with E-state index < -0.39 is 0 Å². The molecule has 1 amide bonds. The molecule has 0 bridgehead atoms. The second-order valence-corrected chi connectivity index (χ2v) is 7.79. The van der Waals surface area contributed by atoms with Crippen LogP contribution in [0.4, 0.5) is 5.69 Å². The summed E-state index contributed by atoms with van der Waals surface area (Å²) in [4.78, 5) is 17.6. The second-order valence-electron chi connectivity index (χ2n) is 6.09. The maximum Gasteiger partial charge on any atom is 0.253 e. The molecule has 6 heteroatoms. The van der Waals surface area contributed by atoms with Gasteiger partial charge in [-0.3, -0.25) is 4.79 Å². The molecule has 0 spiro atoms. The van der Waals surface area contributed by atoms with E-state index in [0.29, 0.717) is 23.1 Å². The molecule has 0 unspecified atom stereocenters. The van der Waals surface area contributed by atoms with E-state index in [1.54, 1.807) is 6.20 Å². The van der Waals surface area contributed by atoms with Gasteiger partial charge in [-0.25, -0.2) is 4.98 Å². The minimum absolute atomic E-state index is 0.0400. The van der Waals surface area contributed by atoms with Gasteiger partial charge < -0.3 is 10.6 Å². The fourth-order valence-electron chi connectivity index (χ4n) is 2.95. The van der Waals surface area contributed by atoms with Gasteiger partial charge in [-0.05, 0) is 44.2 Å². The van der Waals surface area contributed by atoms with Gasteiger partial charge in [0, 0.05) is 23.3 Å². The highest BCUT2D eigenvalue weighted by Gasteiger charge is 2.11. The van der Waals surface area contributed by atoms with Crippen molar-refractivity contribution in [2.75, 3.05) is 11.9 Å². The van der Waals surface area contributed by atoms with E-state index in [0.717, 1.165) is 17.0 Å². The third-order valence-electron chi connectivity index (χ3n) is 4.27. The number of amides is 1. The summed E-state index contributed by atoms with van der Waals surface area (Å²) >= 11 is 7.29. The van der Waals surface area contributed by atoms with Crippen LogP contribution in [0.5, 0.6) is 0 Å². The van der Waals surface area contributed by atoms with Crippen LogP contribution in [0.3, 0.4) is 0 Å². The summed E-state index contributed by atoms with van der Waals surface area (Å²) in [5.41, 5.74) is 2.96. The summed E-state index contributed by atoms with van der Waals surface area (Å²) in [6, 6.07) is 7.57. The molecule has 1 aliphatic carbocycles. The quantitative estimate of drug-likeness (QED) is 0.667. The summed E-state index contributed by atoms with van der Waals surface area (Å²) in [6.07, 6.45) is 9.93. The molecule has 0 atom stereocenters. The van der Waals surface area contributed by atoms with E-state index in [1.807, 2.05) is 24.3 Å². The third kappa shape index (κ3) is 5.31. The predicted molar refractivity (Wildman–Crippen MR) is 104 cm³/mol. The minimum Gasteiger partial charge on any atom is -0.379 e. The van der Waals surface area contributed by atoms with Crippen LogP contribution >= 0.6 is 22.9 Å². The number of allylic oxidation sites excluding steroid dienone is 1. The van der Waals surface area contributed by atoms with Crippen molar-refractivity contribution >= 4 is 34.5 Å². The summed E-state index contributed by atoms with van der Waals surface area (Å²) in [5.74, 6) is -0.0400. The molecule has 1 heterocycles. The Bertz CT molecular complexity index is 757. The van der Waals surface area contributed by atoms with Crippen LogP contribution in [-0.2, 0) is 6.54 Å². The van der Waals surface area contributed by atoms with Crippen LogP contribution in [0, 0.1) is 0 Å². The van der Waals surface area contributed by atoms with Gasteiger partial charge in [0.2, 0.25) is 0 Å². The summed E-state index contributed by atoms with van der Waals surface area (Å²) in [7, 11) is 0. The zero-order chi connectivity index (χ0) is 17.5. The molecule has 3 rings (SSSR count). The van der Waals surface area contributed by atoms with Crippen molar-refractivity contribution in [2.45, 2.75) is 38.6 Å². The van der Waals surface area contributed by atoms with E-state index in [9.17, 15) is 4.79 Å². The number of halogens is 1. The van der Waals surface area contributed by atoms with Gasteiger partial charge >= 0.3 is 0 Å². The first-order valence-electron chi connectivity index (χ1n) is 8.61. The number of carbonyl (C=O) groups excluding carboxylic acids is 1. The number of anilines is 1. The highest BCUT2D eigenvalue weighted by atomic mass is 35.5. The van der Waals surface area contributed by atoms with E-state index in [4.69, 9.17) is 11.6 Å². The fourth-order valence-corrected chi connectivity index (χ4v) is 3.86. The molecular formula is C19H22ClN3OS. The Labute approximate surface area is 157 Å². The number of nitrogens with one attached hydrogen (secondary N) is 2. The summed E-state index contributed by atoms with van der Waals surface area (Å²) in [5, 5.41) is 6.34. The minimum atomic E-state index is -0.0400. The molecule has 2 N–H and O–H groups in total. The number of rotatable bonds is 7. The maximum absolute atomic E-state index is 12.5. The SMILES string of the molecule is O=C(NCCC1=CCCCC1)c1ccccc1NCc1cnc(Cl)s1. The Morgan fingerprint density at radius 2 is 2.16 bits per heavy atom. The van der Waals surface area contributed by atoms with Gasteiger partial charge in [0.05, 0.1) is 12.1 Å². The third-order valence-corrected chi connectivity index (χ3v) is 5.38. The van der Waals surface area contributed by atoms with Crippen molar-refractivity contribution < 1.29 is 4.79 Å². The van der Waals surface area contributed by atoms with Gasteiger partial charge in [-0.15, -0.1) is 11.3 Å². The average molecular weight is 376 g/mol. The topological polar surface area (TPSA) is 54.0 Å². The van der Waals surface area contributed by atoms with Gasteiger partial charge in [0.15, 0.2) is 4.47 Å². The number of thiazole rings is 1. The predicted octanol–water partition coefficient (Wildman–Crippen LogP) is 5.03. The second kappa shape index (κ2) is 9.02. The van der Waals surface area contributed by atoms with Crippen LogP contribution in [0.1, 0.15) is 47.3 Å². The van der Waals surface area contributed by atoms with Gasteiger partial charge in [-0.2, -0.15) is 0 Å². The molecule has 0 saturated heterocycles. The Morgan fingerprint density at radius 1 is 1.28 bits per heavy atom. The molecule has 1 aromatic carbocycles. The van der Waals surface area contributed by atoms with Crippen LogP contribution in [0.15, 0.2) is 42.1 Å². The molecule has 4 nitrogen and oxygen atoms in total. The Kier molecular flexibility index (Phi) is 6.48. The lowest BCUT2D eigenvalue weighted by Crippen LogP contribution is -2.25. The molecular weight excluding hydrogens is 354 g/mol. The van der Waals surface area contributed by atoms with Crippen molar-refractivity contribution in [2.24, 2.45) is 0 Å². The first-order chi connectivity index (χ1) is 12.2. The fraction of sp³-hybridized carbons (Fsp3) is 0.368. The van der Waals surface area contributed by atoms with Crippen molar-refractivity contribution in [3.05, 3.63) is 57.0 Å². The molecule has 1 aliphatic rings. The highest BCUT2D eigenvalue weighted by Crippen LogP contribution is 2.22. The van der Waals surface area contributed by atoms with E-state index in [1.165, 1.54) is 42.6 Å². The molecule has 25 heavy (non-hydrogen) atoms. The number of para-hydroxylation sites is 1. The number of hydrogen-bond donors (Lipinski definition) is 2. The van der Waals surface area contributed by atoms with Crippen LogP contribution < -0.4 is 10.6 Å². The van der Waals surface area contributed by atoms with Gasteiger partial charge in [-0.1, -0.05) is 35.4 Å². The Morgan fingerprint density at radius 3 is 2.92 bits per heavy atom. The number of carbonyl (C=O) groups is 1. The molecule has 1 aromatic heterocycles. The van der Waals surface area contributed by atoms with E-state index in [-0.39, 0.29) is 5.91 Å². The normalized spacial score (nSPS) is 14.0. The highest BCUT2D eigenvalue weighted by molar-refractivity contribution is 7.15. The lowest BCUT2D eigenvalue weighted by molar-refractivity contribution is 0.0955. The van der Waals surface area contributed by atoms with Crippen molar-refractivity contribution in [1.29, 1.82) is 0 Å². The average Bonchev–Trinajstić information content (AvgIpc) is 3.06. The smallest absolute Gasteiger partial charge is 0.253 e. The molecule has 132 valence electrons. The zero-order valence-electron chi connectivity index (χ0n) is 14.1. The van der Waals surface area contributed by atoms with E-state index in [2.05, 4.69) is 21.7 Å². The first kappa shape index (κ1) is 18.0. The first-order valence-corrected chi connectivity index (χ1v) is 9.81. The molecule has 0 aliphatic heterocycles. The van der Waals surface area contributed by atoms with Gasteiger partial charge in [0.25, 0.3) is 5.91 Å². The van der Waals surface area contributed by atoms with Gasteiger partial charge in [0.1, 0.15) is 0 Å². The number of nitrogens with zero attached hydrogens (tertiary/aromatic N) is 1. The molecule has 2 aromatic rings. The molecule has 0 fully saturated rings. The number of hydrogen-bond acceptors (Lipinski definition) is 4. The lowest BCUT2D eigenvalue weighted by atomic mass is 9.97. The maximum atomic E-state index is 12.5. The summed E-state index contributed by atoms with van der Waals surface area (Å²) in [6.45, 7) is 1.28. The van der Waals surface area contributed by atoms with Crippen molar-refractivity contribution in [3.63, 3.8) is 0 Å². The largest absolute Gasteiger partial charge is 0.379 e. The molecule has 0 saturated carbocycles. The standard InChI is InChI=1S/C19H22ClN3OS/c20-19-23-13-15(25-19)12-22-17-9-5-4-8-16(17)18(24)21-11-10-14-6-2-1-3-7-14/h4-6,8-9,13,22H,1-3,7,10-12H2,(H,21,24). The number of benzene rings is 1. The lowest BCUT2D eigenvalue weighted by Gasteiger charge is -2.14. The van der Waals surface area contributed by atoms with Crippen molar-refractivity contribution in [3.8, 4) is 0 Å². The zero-order valence-corrected chi connectivity index (χ0v) is 15.6. The Hall–Kier alpha value is -1.85. The monoisotopic (exact) mass is 375 g/mol. The Balaban J connectivity index is 1.55. The van der Waals surface area contributed by atoms with E-state index >= 15 is 0 Å². The number of aromatic nitrogens is 1. The van der Waals surface area contributed by atoms with Crippen LogP contribution in [0.2, 0.25) is 4.47 Å². The molecule has 0 radical (unpaired) electrons.